The zero-order chi connectivity index (χ0) is 31.3. The van der Waals surface area contributed by atoms with Crippen LogP contribution in [0.2, 0.25) is 0 Å². The molecule has 2 N–H and O–H groups in total. The summed E-state index contributed by atoms with van der Waals surface area (Å²) < 4.78 is 33.7. The number of carboxylic acids is 1. The Balaban J connectivity index is 0.000000190. The van der Waals surface area contributed by atoms with Crippen LogP contribution in [-0.2, 0) is 14.9 Å². The summed E-state index contributed by atoms with van der Waals surface area (Å²) in [5, 5.41) is 13.1. The fourth-order valence-corrected chi connectivity index (χ4v) is 8.44. The second-order valence-electron chi connectivity index (χ2n) is 9.35. The van der Waals surface area contributed by atoms with Crippen LogP contribution in [0.25, 0.3) is 0 Å². The fourth-order valence-electron chi connectivity index (χ4n) is 4.36. The van der Waals surface area contributed by atoms with E-state index in [0.29, 0.717) is 0 Å². The van der Waals surface area contributed by atoms with Crippen LogP contribution in [-0.4, -0.2) is 43.8 Å². The molecule has 0 saturated heterocycles. The average molecular weight is 617 g/mol. The predicted molar refractivity (Wildman–Crippen MR) is 173 cm³/mol. The Hall–Kier alpha value is -4.62. The minimum absolute atomic E-state index is 0.0469. The van der Waals surface area contributed by atoms with Gasteiger partial charge in [0.2, 0.25) is 0 Å². The number of methoxy groups -OCH3 is 1. The van der Waals surface area contributed by atoms with E-state index in [2.05, 4.69) is 102 Å². The molecular formula is C34H33O7PS. The Kier molecular flexibility index (Phi) is 11.9. The van der Waals surface area contributed by atoms with Gasteiger partial charge in [-0.2, -0.15) is 8.42 Å². The molecule has 43 heavy (non-hydrogen) atoms. The van der Waals surface area contributed by atoms with Crippen LogP contribution in [0.3, 0.4) is 0 Å². The minimum atomic E-state index is -4.00. The molecular weight excluding hydrogens is 583 g/mol. The molecule has 0 radical (unpaired) electrons. The third kappa shape index (κ3) is 8.93. The first-order valence-electron chi connectivity index (χ1n) is 13.2. The zero-order valence-corrected chi connectivity index (χ0v) is 25.5. The maximum absolute atomic E-state index is 11.1. The van der Waals surface area contributed by atoms with Gasteiger partial charge in [0.05, 0.1) is 23.1 Å². The number of ether oxygens (including phenoxy) is 1. The smallest absolute Gasteiger partial charge is 0.282 e. The van der Waals surface area contributed by atoms with E-state index >= 15 is 0 Å². The SMILES string of the molecule is COC(=O)c1ccccc1C(=O)O.C[PH](c1ccccc1)(c1ccccc1)c1ccccc1.O=S(=O)(O)c1ccccc1. The van der Waals surface area contributed by atoms with Gasteiger partial charge in [-0.05, 0) is 24.3 Å². The first kappa shape index (κ1) is 32.9. The molecule has 0 aromatic heterocycles. The summed E-state index contributed by atoms with van der Waals surface area (Å²) in [5.41, 5.74) is 0.0202. The summed E-state index contributed by atoms with van der Waals surface area (Å²) in [6.07, 6.45) is 0. The molecule has 0 fully saturated rings. The van der Waals surface area contributed by atoms with Gasteiger partial charge in [-0.1, -0.05) is 30.3 Å². The van der Waals surface area contributed by atoms with Crippen LogP contribution in [0.1, 0.15) is 20.7 Å². The molecule has 0 atom stereocenters. The summed E-state index contributed by atoms with van der Waals surface area (Å²) in [5.74, 6) is -1.78. The van der Waals surface area contributed by atoms with Crippen molar-refractivity contribution >= 4 is 45.2 Å². The van der Waals surface area contributed by atoms with Crippen LogP contribution >= 0.6 is 7.26 Å². The quantitative estimate of drug-likeness (QED) is 0.148. The first-order valence-corrected chi connectivity index (χ1v) is 17.1. The van der Waals surface area contributed by atoms with Gasteiger partial charge < -0.3 is 9.84 Å². The van der Waals surface area contributed by atoms with Crippen LogP contribution < -0.4 is 15.9 Å². The summed E-state index contributed by atoms with van der Waals surface area (Å²) in [6, 6.07) is 46.1. The minimum Gasteiger partial charge on any atom is -0.282 e. The number of aromatic carboxylic acids is 1. The molecule has 0 heterocycles. The third-order valence-electron chi connectivity index (χ3n) is 6.66. The first-order chi connectivity index (χ1) is 20.6. The fraction of sp³-hybridized carbons (Fsp3) is 0.0588. The number of hydrogen-bond acceptors (Lipinski definition) is 5. The van der Waals surface area contributed by atoms with Crippen LogP contribution in [0.5, 0.6) is 0 Å². The molecule has 0 spiro atoms. The van der Waals surface area contributed by atoms with E-state index in [1.54, 1.807) is 30.3 Å². The maximum atomic E-state index is 11.1. The van der Waals surface area contributed by atoms with Crippen molar-refractivity contribution in [2.75, 3.05) is 13.8 Å². The molecule has 5 aromatic carbocycles. The van der Waals surface area contributed by atoms with Gasteiger partial charge in [0.15, 0.2) is 0 Å². The molecule has 0 aliphatic heterocycles. The van der Waals surface area contributed by atoms with Gasteiger partial charge in [-0.3, -0.25) is 4.55 Å². The number of hydrogen-bond donors (Lipinski definition) is 2. The zero-order valence-electron chi connectivity index (χ0n) is 23.7. The summed E-state index contributed by atoms with van der Waals surface area (Å²) in [7, 11) is -4.67. The van der Waals surface area contributed by atoms with E-state index in [-0.39, 0.29) is 16.0 Å². The molecule has 5 aromatic rings. The van der Waals surface area contributed by atoms with Gasteiger partial charge >= 0.3 is 133 Å². The van der Waals surface area contributed by atoms with E-state index in [1.807, 2.05) is 0 Å². The van der Waals surface area contributed by atoms with Gasteiger partial charge in [0.25, 0.3) is 10.1 Å². The monoisotopic (exact) mass is 616 g/mol. The maximum Gasteiger partial charge on any atom is 0.294 e. The Morgan fingerprint density at radius 3 is 1.21 bits per heavy atom. The van der Waals surface area contributed by atoms with Crippen molar-refractivity contribution < 1.29 is 32.4 Å². The molecule has 0 saturated carbocycles. The molecule has 5 rings (SSSR count). The van der Waals surface area contributed by atoms with E-state index < -0.39 is 29.3 Å². The molecule has 9 heteroatoms. The van der Waals surface area contributed by atoms with Gasteiger partial charge in [0.1, 0.15) is 0 Å². The van der Waals surface area contributed by atoms with Crippen molar-refractivity contribution in [1.82, 2.24) is 0 Å². The molecule has 0 aliphatic carbocycles. The van der Waals surface area contributed by atoms with Gasteiger partial charge in [0, 0.05) is 0 Å². The number of esters is 1. The second-order valence-corrected chi connectivity index (χ2v) is 14.8. The normalized spacial score (nSPS) is 11.0. The van der Waals surface area contributed by atoms with E-state index in [1.165, 1.54) is 47.3 Å². The van der Waals surface area contributed by atoms with Crippen molar-refractivity contribution in [2.45, 2.75) is 4.90 Å². The molecule has 0 amide bonds. The van der Waals surface area contributed by atoms with E-state index in [4.69, 9.17) is 9.66 Å². The van der Waals surface area contributed by atoms with Gasteiger partial charge in [-0.25, -0.2) is 9.59 Å². The molecule has 0 unspecified atom stereocenters. The standard InChI is InChI=1S/C19H19P.C9H8O4.C6H6O3S/c1-20(17-11-5-2-6-12-17,18-13-7-3-8-14-18)19-15-9-4-10-16-19;1-13-9(12)7-5-3-2-4-6(7)8(10)11;7-10(8,9)6-4-2-1-3-5-6/h2-16,20H,1H3;2-5H,1H3,(H,10,11);1-5H,(H,7,8,9). The van der Waals surface area contributed by atoms with Crippen LogP contribution in [0, 0.1) is 0 Å². The topological polar surface area (TPSA) is 118 Å². The van der Waals surface area contributed by atoms with E-state index in [9.17, 15) is 18.0 Å². The average Bonchev–Trinajstić information content (AvgIpc) is 3.06. The number of carbonyl (C=O) groups excluding carboxylic acids is 1. The van der Waals surface area contributed by atoms with Crippen LogP contribution in [0.15, 0.2) is 150 Å². The Bertz CT molecular complexity index is 1620. The number of benzene rings is 5. The number of rotatable bonds is 6. The summed E-state index contributed by atoms with van der Waals surface area (Å²) in [4.78, 5) is 21.6. The van der Waals surface area contributed by atoms with Crippen molar-refractivity contribution in [3.05, 3.63) is 157 Å². The second kappa shape index (κ2) is 15.6. The van der Waals surface area contributed by atoms with Crippen molar-refractivity contribution in [1.29, 1.82) is 0 Å². The largest absolute Gasteiger partial charge is 0.294 e. The van der Waals surface area contributed by atoms with Crippen molar-refractivity contribution in [3.8, 4) is 0 Å². The Morgan fingerprint density at radius 1 is 0.581 bits per heavy atom. The molecule has 222 valence electrons. The predicted octanol–water partition coefficient (Wildman–Crippen LogP) is 5.45. The third-order valence-corrected chi connectivity index (χ3v) is 12.0. The molecule has 7 nitrogen and oxygen atoms in total. The van der Waals surface area contributed by atoms with Crippen molar-refractivity contribution in [3.63, 3.8) is 0 Å². The Labute approximate surface area is 252 Å². The number of carboxylic acid groups (broad SMARTS) is 1. The van der Waals surface area contributed by atoms with E-state index in [0.717, 1.165) is 0 Å². The summed E-state index contributed by atoms with van der Waals surface area (Å²) >= 11 is 0. The molecule has 0 bridgehead atoms. The van der Waals surface area contributed by atoms with Gasteiger partial charge in [-0.15, -0.1) is 0 Å². The number of carbonyl (C=O) groups is 2. The van der Waals surface area contributed by atoms with Crippen molar-refractivity contribution in [2.24, 2.45) is 0 Å². The Morgan fingerprint density at radius 2 is 0.907 bits per heavy atom. The molecule has 0 aliphatic rings. The summed E-state index contributed by atoms with van der Waals surface area (Å²) in [6.45, 7) is 2.44. The van der Waals surface area contributed by atoms with Crippen LogP contribution in [0.4, 0.5) is 0 Å².